The van der Waals surface area contributed by atoms with Crippen molar-refractivity contribution in [1.82, 2.24) is 10.2 Å². The van der Waals surface area contributed by atoms with Gasteiger partial charge in [-0.3, -0.25) is 4.90 Å². The van der Waals surface area contributed by atoms with E-state index in [2.05, 4.69) is 37.9 Å². The summed E-state index contributed by atoms with van der Waals surface area (Å²) < 4.78 is 11.0. The van der Waals surface area contributed by atoms with Gasteiger partial charge < -0.3 is 14.8 Å². The Hall–Kier alpha value is -0.160. The second kappa shape index (κ2) is 10.6. The highest BCUT2D eigenvalue weighted by molar-refractivity contribution is 4.83. The molecule has 1 N–H and O–H groups in total. The lowest BCUT2D eigenvalue weighted by Crippen LogP contribution is -2.44. The van der Waals surface area contributed by atoms with Gasteiger partial charge in [0.05, 0.1) is 13.2 Å². The zero-order valence-corrected chi connectivity index (χ0v) is 13.9. The van der Waals surface area contributed by atoms with E-state index >= 15 is 0 Å². The fraction of sp³-hybridized carbons (Fsp3) is 1.00. The maximum Gasteiger partial charge on any atom is 0.0593 e. The molecule has 0 aromatic rings. The van der Waals surface area contributed by atoms with Gasteiger partial charge in [-0.05, 0) is 46.1 Å². The molecule has 2 unspecified atom stereocenters. The van der Waals surface area contributed by atoms with Crippen molar-refractivity contribution in [3.63, 3.8) is 0 Å². The van der Waals surface area contributed by atoms with Crippen LogP contribution in [0.15, 0.2) is 0 Å². The lowest BCUT2D eigenvalue weighted by Gasteiger charge is -2.33. The van der Waals surface area contributed by atoms with Gasteiger partial charge in [-0.1, -0.05) is 6.92 Å². The van der Waals surface area contributed by atoms with E-state index in [-0.39, 0.29) is 0 Å². The first kappa shape index (κ1) is 17.9. The smallest absolute Gasteiger partial charge is 0.0593 e. The van der Waals surface area contributed by atoms with Crippen molar-refractivity contribution in [3.8, 4) is 0 Å². The van der Waals surface area contributed by atoms with Crippen LogP contribution in [0.5, 0.6) is 0 Å². The summed E-state index contributed by atoms with van der Waals surface area (Å²) in [6, 6.07) is 1.35. The molecule has 0 aromatic heterocycles. The van der Waals surface area contributed by atoms with E-state index in [1.165, 1.54) is 12.8 Å². The first-order valence-corrected chi connectivity index (χ1v) is 8.31. The number of nitrogens with zero attached hydrogens (tertiary/aromatic N) is 1. The molecule has 4 heteroatoms. The second-order valence-electron chi connectivity index (χ2n) is 5.83. The molecule has 0 aliphatic heterocycles. The average molecular weight is 286 g/mol. The van der Waals surface area contributed by atoms with Crippen LogP contribution in [0.3, 0.4) is 0 Å². The molecule has 1 aliphatic rings. The molecule has 1 fully saturated rings. The molecule has 0 spiro atoms. The lowest BCUT2D eigenvalue weighted by molar-refractivity contribution is 0.0538. The molecular formula is C16H34N2O2. The summed E-state index contributed by atoms with van der Waals surface area (Å²) in [6.45, 7) is 15.1. The summed E-state index contributed by atoms with van der Waals surface area (Å²) in [6.07, 6.45) is 2.72. The van der Waals surface area contributed by atoms with Crippen LogP contribution in [-0.2, 0) is 9.47 Å². The molecule has 1 aliphatic carbocycles. The minimum Gasteiger partial charge on any atom is -0.380 e. The van der Waals surface area contributed by atoms with E-state index in [1.54, 1.807) is 0 Å². The first-order valence-electron chi connectivity index (χ1n) is 8.31. The molecule has 0 bridgehead atoms. The zero-order valence-electron chi connectivity index (χ0n) is 13.9. The normalized spacial score (nSPS) is 18.4. The standard InChI is InChI=1S/C16H34N2O2/c1-5-19-11-9-18(10-12-20-6-2)15(4)14(3)13-17-16-7-8-16/h14-17H,5-13H2,1-4H3. The second-order valence-corrected chi connectivity index (χ2v) is 5.83. The molecule has 20 heavy (non-hydrogen) atoms. The average Bonchev–Trinajstić information content (AvgIpc) is 3.27. The fourth-order valence-corrected chi connectivity index (χ4v) is 2.34. The summed E-state index contributed by atoms with van der Waals surface area (Å²) in [5.41, 5.74) is 0. The summed E-state index contributed by atoms with van der Waals surface area (Å²) in [7, 11) is 0. The molecule has 4 nitrogen and oxygen atoms in total. The molecular weight excluding hydrogens is 252 g/mol. The number of rotatable bonds is 13. The van der Waals surface area contributed by atoms with Gasteiger partial charge in [0.1, 0.15) is 0 Å². The number of nitrogens with one attached hydrogen (secondary N) is 1. The summed E-state index contributed by atoms with van der Waals surface area (Å²) in [4.78, 5) is 2.50. The van der Waals surface area contributed by atoms with E-state index in [9.17, 15) is 0 Å². The molecule has 120 valence electrons. The van der Waals surface area contributed by atoms with Crippen molar-refractivity contribution in [1.29, 1.82) is 0 Å². The van der Waals surface area contributed by atoms with Gasteiger partial charge in [0, 0.05) is 38.4 Å². The van der Waals surface area contributed by atoms with Crippen molar-refractivity contribution >= 4 is 0 Å². The van der Waals surface area contributed by atoms with Crippen LogP contribution < -0.4 is 5.32 Å². The molecule has 0 aromatic carbocycles. The van der Waals surface area contributed by atoms with Crippen LogP contribution >= 0.6 is 0 Å². The van der Waals surface area contributed by atoms with E-state index in [0.717, 1.165) is 52.1 Å². The SMILES string of the molecule is CCOCCN(CCOCC)C(C)C(C)CNC1CC1. The van der Waals surface area contributed by atoms with Crippen molar-refractivity contribution in [3.05, 3.63) is 0 Å². The first-order chi connectivity index (χ1) is 9.69. The lowest BCUT2D eigenvalue weighted by atomic mass is 10.0. The minimum atomic E-state index is 0.558. The van der Waals surface area contributed by atoms with E-state index in [1.807, 2.05) is 0 Å². The Bertz CT molecular complexity index is 225. The number of hydrogen-bond donors (Lipinski definition) is 1. The van der Waals surface area contributed by atoms with Crippen LogP contribution in [0.1, 0.15) is 40.5 Å². The Labute approximate surface area is 125 Å². The third-order valence-corrected chi connectivity index (χ3v) is 4.16. The Balaban J connectivity index is 2.31. The number of ether oxygens (including phenoxy) is 2. The zero-order chi connectivity index (χ0) is 14.8. The van der Waals surface area contributed by atoms with Gasteiger partial charge in [-0.25, -0.2) is 0 Å². The molecule has 0 heterocycles. The maximum atomic E-state index is 5.51. The van der Waals surface area contributed by atoms with Crippen molar-refractivity contribution in [2.45, 2.75) is 52.6 Å². The Morgan fingerprint density at radius 2 is 1.60 bits per heavy atom. The quantitative estimate of drug-likeness (QED) is 0.526. The highest BCUT2D eigenvalue weighted by Gasteiger charge is 2.24. The molecule has 1 saturated carbocycles. The van der Waals surface area contributed by atoms with Crippen LogP contribution in [0.2, 0.25) is 0 Å². The maximum absolute atomic E-state index is 5.51. The molecule has 1 rings (SSSR count). The topological polar surface area (TPSA) is 33.7 Å². The predicted molar refractivity (Wildman–Crippen MR) is 84.2 cm³/mol. The highest BCUT2D eigenvalue weighted by Crippen LogP contribution is 2.19. The summed E-state index contributed by atoms with van der Waals surface area (Å²) >= 11 is 0. The van der Waals surface area contributed by atoms with Crippen LogP contribution in [0.4, 0.5) is 0 Å². The van der Waals surface area contributed by atoms with Crippen LogP contribution in [0, 0.1) is 5.92 Å². The van der Waals surface area contributed by atoms with Gasteiger partial charge in [-0.15, -0.1) is 0 Å². The van der Waals surface area contributed by atoms with Gasteiger partial charge >= 0.3 is 0 Å². The highest BCUT2D eigenvalue weighted by atomic mass is 16.5. The third-order valence-electron chi connectivity index (χ3n) is 4.16. The van der Waals surface area contributed by atoms with E-state index in [0.29, 0.717) is 12.0 Å². The van der Waals surface area contributed by atoms with Gasteiger partial charge in [0.2, 0.25) is 0 Å². The van der Waals surface area contributed by atoms with E-state index in [4.69, 9.17) is 9.47 Å². The van der Waals surface area contributed by atoms with Gasteiger partial charge in [0.15, 0.2) is 0 Å². The molecule has 0 saturated heterocycles. The molecule has 0 amide bonds. The predicted octanol–water partition coefficient (Wildman–Crippen LogP) is 2.14. The van der Waals surface area contributed by atoms with Crippen molar-refractivity contribution < 1.29 is 9.47 Å². The largest absolute Gasteiger partial charge is 0.380 e. The Morgan fingerprint density at radius 3 is 2.05 bits per heavy atom. The summed E-state index contributed by atoms with van der Waals surface area (Å²) in [5, 5.41) is 3.64. The van der Waals surface area contributed by atoms with Gasteiger partial charge in [-0.2, -0.15) is 0 Å². The van der Waals surface area contributed by atoms with Crippen molar-refractivity contribution in [2.24, 2.45) is 5.92 Å². The minimum absolute atomic E-state index is 0.558. The molecule has 2 atom stereocenters. The third kappa shape index (κ3) is 7.58. The van der Waals surface area contributed by atoms with Crippen LogP contribution in [0.25, 0.3) is 0 Å². The monoisotopic (exact) mass is 286 g/mol. The number of hydrogen-bond acceptors (Lipinski definition) is 4. The van der Waals surface area contributed by atoms with Gasteiger partial charge in [0.25, 0.3) is 0 Å². The van der Waals surface area contributed by atoms with Crippen molar-refractivity contribution in [2.75, 3.05) is 46.1 Å². The Morgan fingerprint density at radius 1 is 1.05 bits per heavy atom. The Kier molecular flexibility index (Phi) is 9.44. The van der Waals surface area contributed by atoms with E-state index < -0.39 is 0 Å². The summed E-state index contributed by atoms with van der Waals surface area (Å²) in [5.74, 6) is 0.652. The molecule has 0 radical (unpaired) electrons. The van der Waals surface area contributed by atoms with Crippen LogP contribution in [-0.4, -0.2) is 63.0 Å². The fourth-order valence-electron chi connectivity index (χ4n) is 2.34.